The van der Waals surface area contributed by atoms with Gasteiger partial charge >= 0.3 is 0 Å². The smallest absolute Gasteiger partial charge is 0.170 e. The van der Waals surface area contributed by atoms with Crippen LogP contribution in [-0.4, -0.2) is 0 Å². The summed E-state index contributed by atoms with van der Waals surface area (Å²) in [5, 5.41) is 0. The Morgan fingerprint density at radius 1 is 1.20 bits per heavy atom. The SMILES string of the molecule is F[CH]C(F)c1ccccc1. The predicted molar refractivity (Wildman–Crippen MR) is 35.7 cm³/mol. The summed E-state index contributed by atoms with van der Waals surface area (Å²) in [5.41, 5.74) is 0.352. The first-order chi connectivity index (χ1) is 4.84. The van der Waals surface area contributed by atoms with Crippen molar-refractivity contribution in [3.63, 3.8) is 0 Å². The maximum atomic E-state index is 12.4. The monoisotopic (exact) mass is 141 g/mol. The minimum Gasteiger partial charge on any atom is -0.241 e. The first-order valence-electron chi connectivity index (χ1n) is 2.97. The molecule has 1 radical (unpaired) electrons. The third-order valence-corrected chi connectivity index (χ3v) is 1.23. The fourth-order valence-corrected chi connectivity index (χ4v) is 0.710. The van der Waals surface area contributed by atoms with Crippen LogP contribution in [-0.2, 0) is 0 Å². The zero-order chi connectivity index (χ0) is 7.40. The molecule has 0 amide bonds. The molecule has 1 unspecified atom stereocenters. The van der Waals surface area contributed by atoms with Gasteiger partial charge in [0, 0.05) is 0 Å². The van der Waals surface area contributed by atoms with Gasteiger partial charge in [-0.05, 0) is 5.56 Å². The van der Waals surface area contributed by atoms with Gasteiger partial charge in [-0.2, -0.15) is 0 Å². The van der Waals surface area contributed by atoms with Gasteiger partial charge in [-0.15, -0.1) is 0 Å². The number of hydrogen-bond acceptors (Lipinski definition) is 0. The molecule has 53 valence electrons. The van der Waals surface area contributed by atoms with E-state index in [9.17, 15) is 8.78 Å². The Bertz CT molecular complexity index is 184. The van der Waals surface area contributed by atoms with Crippen LogP contribution in [0.25, 0.3) is 0 Å². The molecule has 0 aliphatic rings. The van der Waals surface area contributed by atoms with Gasteiger partial charge in [-0.1, -0.05) is 30.3 Å². The quantitative estimate of drug-likeness (QED) is 0.594. The van der Waals surface area contributed by atoms with E-state index in [-0.39, 0.29) is 6.67 Å². The number of benzene rings is 1. The maximum Gasteiger partial charge on any atom is 0.170 e. The summed E-state index contributed by atoms with van der Waals surface area (Å²) in [7, 11) is 0. The summed E-state index contributed by atoms with van der Waals surface area (Å²) in [6.45, 7) is 0.0370. The van der Waals surface area contributed by atoms with Crippen LogP contribution < -0.4 is 0 Å². The fourth-order valence-electron chi connectivity index (χ4n) is 0.710. The fraction of sp³-hybridized carbons (Fsp3) is 0.125. The lowest BCUT2D eigenvalue weighted by Crippen LogP contribution is -1.86. The van der Waals surface area contributed by atoms with E-state index in [1.165, 1.54) is 0 Å². The van der Waals surface area contributed by atoms with Crippen LogP contribution in [0.2, 0.25) is 0 Å². The Balaban J connectivity index is 2.75. The van der Waals surface area contributed by atoms with Crippen LogP contribution >= 0.6 is 0 Å². The summed E-state index contributed by atoms with van der Waals surface area (Å²) < 4.78 is 24.0. The van der Waals surface area contributed by atoms with E-state index in [0.29, 0.717) is 5.56 Å². The van der Waals surface area contributed by atoms with E-state index in [1.807, 2.05) is 0 Å². The minimum atomic E-state index is -1.58. The zero-order valence-corrected chi connectivity index (χ0v) is 5.30. The molecule has 1 aromatic rings. The molecule has 1 atom stereocenters. The van der Waals surface area contributed by atoms with Gasteiger partial charge < -0.3 is 0 Å². The average Bonchev–Trinajstić information content (AvgIpc) is 2.05. The lowest BCUT2D eigenvalue weighted by Gasteiger charge is -2.00. The third kappa shape index (κ3) is 1.53. The summed E-state index contributed by atoms with van der Waals surface area (Å²) in [6.07, 6.45) is -1.58. The van der Waals surface area contributed by atoms with Gasteiger partial charge in [0.1, 0.15) is 0 Å². The molecule has 0 fully saturated rings. The van der Waals surface area contributed by atoms with E-state index in [4.69, 9.17) is 0 Å². The molecule has 0 bridgehead atoms. The van der Waals surface area contributed by atoms with E-state index in [1.54, 1.807) is 30.3 Å². The van der Waals surface area contributed by atoms with Gasteiger partial charge in [0.05, 0.1) is 0 Å². The van der Waals surface area contributed by atoms with Crippen LogP contribution in [0.4, 0.5) is 8.78 Å². The van der Waals surface area contributed by atoms with Crippen molar-refractivity contribution >= 4 is 0 Å². The van der Waals surface area contributed by atoms with Crippen molar-refractivity contribution < 1.29 is 8.78 Å². The summed E-state index contributed by atoms with van der Waals surface area (Å²) >= 11 is 0. The zero-order valence-electron chi connectivity index (χ0n) is 5.30. The van der Waals surface area contributed by atoms with Gasteiger partial charge in [0.2, 0.25) is 0 Å². The van der Waals surface area contributed by atoms with Crippen LogP contribution in [0.3, 0.4) is 0 Å². The van der Waals surface area contributed by atoms with Gasteiger partial charge in [0.25, 0.3) is 0 Å². The molecule has 2 heteroatoms. The molecule has 0 saturated heterocycles. The van der Waals surface area contributed by atoms with Crippen LogP contribution in [0.15, 0.2) is 30.3 Å². The van der Waals surface area contributed by atoms with Crippen molar-refractivity contribution in [1.29, 1.82) is 0 Å². The van der Waals surface area contributed by atoms with E-state index in [0.717, 1.165) is 0 Å². The van der Waals surface area contributed by atoms with Gasteiger partial charge in [-0.25, -0.2) is 8.78 Å². The molecule has 0 aliphatic carbocycles. The number of halogens is 2. The van der Waals surface area contributed by atoms with E-state index < -0.39 is 6.17 Å². The van der Waals surface area contributed by atoms with Crippen LogP contribution in [0.5, 0.6) is 0 Å². The van der Waals surface area contributed by atoms with Crippen molar-refractivity contribution in [1.82, 2.24) is 0 Å². The highest BCUT2D eigenvalue weighted by atomic mass is 19.2. The highest BCUT2D eigenvalue weighted by Crippen LogP contribution is 2.19. The summed E-state index contributed by atoms with van der Waals surface area (Å²) in [5.74, 6) is 0. The van der Waals surface area contributed by atoms with Crippen LogP contribution in [0, 0.1) is 6.67 Å². The topological polar surface area (TPSA) is 0 Å². The van der Waals surface area contributed by atoms with Gasteiger partial charge in [0.15, 0.2) is 12.8 Å². The second kappa shape index (κ2) is 3.30. The number of alkyl halides is 1. The highest BCUT2D eigenvalue weighted by molar-refractivity contribution is 5.18. The first-order valence-corrected chi connectivity index (χ1v) is 2.97. The van der Waals surface area contributed by atoms with Crippen molar-refractivity contribution in [2.24, 2.45) is 0 Å². The average molecular weight is 141 g/mol. The minimum absolute atomic E-state index is 0.0370. The Hall–Kier alpha value is -0.920. The largest absolute Gasteiger partial charge is 0.241 e. The Morgan fingerprint density at radius 2 is 1.80 bits per heavy atom. The molecule has 0 aliphatic heterocycles. The Morgan fingerprint density at radius 3 is 2.30 bits per heavy atom. The first kappa shape index (κ1) is 7.19. The molecule has 0 heterocycles. The van der Waals surface area contributed by atoms with Crippen molar-refractivity contribution in [2.75, 3.05) is 0 Å². The van der Waals surface area contributed by atoms with E-state index >= 15 is 0 Å². The van der Waals surface area contributed by atoms with Gasteiger partial charge in [-0.3, -0.25) is 0 Å². The molecule has 0 N–H and O–H groups in total. The Labute approximate surface area is 58.5 Å². The van der Waals surface area contributed by atoms with Crippen molar-refractivity contribution in [3.05, 3.63) is 42.6 Å². The summed E-state index contributed by atoms with van der Waals surface area (Å²) in [6, 6.07) is 8.19. The molecule has 1 aromatic carbocycles. The molecule has 0 aromatic heterocycles. The normalized spacial score (nSPS) is 13.0. The predicted octanol–water partition coefficient (Wildman–Crippen LogP) is 2.83. The highest BCUT2D eigenvalue weighted by Gasteiger charge is 2.07. The second-order valence-corrected chi connectivity index (χ2v) is 1.94. The molecule has 0 saturated carbocycles. The summed E-state index contributed by atoms with van der Waals surface area (Å²) in [4.78, 5) is 0. The molecule has 0 nitrogen and oxygen atoms in total. The maximum absolute atomic E-state index is 12.4. The standard InChI is InChI=1S/C8H7F2/c9-6-8(10)7-4-2-1-3-5-7/h1-6,8H. The molecular formula is C8H7F2. The molecule has 10 heavy (non-hydrogen) atoms. The lowest BCUT2D eigenvalue weighted by molar-refractivity contribution is 0.326. The van der Waals surface area contributed by atoms with E-state index in [2.05, 4.69) is 0 Å². The third-order valence-electron chi connectivity index (χ3n) is 1.23. The van der Waals surface area contributed by atoms with Crippen molar-refractivity contribution in [3.8, 4) is 0 Å². The Kier molecular flexibility index (Phi) is 2.37. The van der Waals surface area contributed by atoms with Crippen molar-refractivity contribution in [2.45, 2.75) is 6.17 Å². The number of rotatable bonds is 2. The molecular weight excluding hydrogens is 134 g/mol. The lowest BCUT2D eigenvalue weighted by atomic mass is 10.1. The molecule has 0 spiro atoms. The molecule has 1 rings (SSSR count). The second-order valence-electron chi connectivity index (χ2n) is 1.94. The number of hydrogen-bond donors (Lipinski definition) is 0. The van der Waals surface area contributed by atoms with Crippen LogP contribution in [0.1, 0.15) is 11.7 Å².